The van der Waals surface area contributed by atoms with Crippen LogP contribution in [0.15, 0.2) is 18.3 Å². The molecule has 3 nitrogen and oxygen atoms in total. The first-order valence-electron chi connectivity index (χ1n) is 7.15. The van der Waals surface area contributed by atoms with Crippen molar-refractivity contribution in [2.24, 2.45) is 0 Å². The van der Waals surface area contributed by atoms with Crippen molar-refractivity contribution in [1.82, 2.24) is 10.3 Å². The van der Waals surface area contributed by atoms with Crippen molar-refractivity contribution in [2.45, 2.75) is 38.5 Å². The summed E-state index contributed by atoms with van der Waals surface area (Å²) in [4.78, 5) is 6.93. The van der Waals surface area contributed by atoms with E-state index in [4.69, 9.17) is 0 Å². The van der Waals surface area contributed by atoms with Crippen molar-refractivity contribution in [2.75, 3.05) is 30.3 Å². The van der Waals surface area contributed by atoms with Gasteiger partial charge in [0.1, 0.15) is 0 Å². The molecule has 0 saturated carbocycles. The Balaban J connectivity index is 2.04. The molecule has 1 fully saturated rings. The average molecular weight is 279 g/mol. The molecule has 0 radical (unpaired) electrons. The molecule has 2 rings (SSSR count). The minimum Gasteiger partial charge on any atom is -0.371 e. The lowest BCUT2D eigenvalue weighted by molar-refractivity contribution is 0.637. The van der Waals surface area contributed by atoms with Gasteiger partial charge in [-0.15, -0.1) is 0 Å². The number of hydrogen-bond acceptors (Lipinski definition) is 4. The van der Waals surface area contributed by atoms with Crippen molar-refractivity contribution < 1.29 is 0 Å². The highest BCUT2D eigenvalue weighted by atomic mass is 32.2. The molecule has 1 aliphatic rings. The Labute approximate surface area is 121 Å². The largest absolute Gasteiger partial charge is 0.371 e. The Morgan fingerprint density at radius 3 is 3.05 bits per heavy atom. The minimum atomic E-state index is 0.411. The molecule has 0 unspecified atom stereocenters. The topological polar surface area (TPSA) is 28.2 Å². The fourth-order valence-corrected chi connectivity index (χ4v) is 3.39. The van der Waals surface area contributed by atoms with Crippen LogP contribution in [-0.4, -0.2) is 35.1 Å². The molecule has 2 heterocycles. The summed E-state index contributed by atoms with van der Waals surface area (Å²) < 4.78 is 0.411. The second-order valence-electron chi connectivity index (χ2n) is 5.63. The standard InChI is InChI=1S/C15H25N3S/c1-4-16-12-13-11-14(5-7-17-13)18-8-6-15(2,3)19-10-9-18/h5,7,11,16H,4,6,8-10,12H2,1-3H3. The number of aromatic nitrogens is 1. The zero-order valence-corrected chi connectivity index (χ0v) is 13.1. The molecule has 0 bridgehead atoms. The highest BCUT2D eigenvalue weighted by Crippen LogP contribution is 2.32. The van der Waals surface area contributed by atoms with Gasteiger partial charge in [0.05, 0.1) is 5.69 Å². The number of hydrogen-bond donors (Lipinski definition) is 1. The number of anilines is 1. The van der Waals surface area contributed by atoms with Crippen LogP contribution in [0, 0.1) is 0 Å². The Bertz CT molecular complexity index is 406. The van der Waals surface area contributed by atoms with Gasteiger partial charge in [0.15, 0.2) is 0 Å². The maximum atomic E-state index is 4.43. The smallest absolute Gasteiger partial charge is 0.0562 e. The summed E-state index contributed by atoms with van der Waals surface area (Å²) in [6.45, 7) is 11.0. The van der Waals surface area contributed by atoms with Crippen LogP contribution in [0.4, 0.5) is 5.69 Å². The van der Waals surface area contributed by atoms with Gasteiger partial charge >= 0.3 is 0 Å². The van der Waals surface area contributed by atoms with Crippen molar-refractivity contribution >= 4 is 17.4 Å². The lowest BCUT2D eigenvalue weighted by Gasteiger charge is -2.24. The summed E-state index contributed by atoms with van der Waals surface area (Å²) >= 11 is 2.09. The van der Waals surface area contributed by atoms with E-state index in [1.54, 1.807) is 0 Å². The van der Waals surface area contributed by atoms with Crippen molar-refractivity contribution in [3.63, 3.8) is 0 Å². The van der Waals surface area contributed by atoms with E-state index in [2.05, 4.69) is 59.9 Å². The summed E-state index contributed by atoms with van der Waals surface area (Å²) in [5.41, 5.74) is 2.46. The van der Waals surface area contributed by atoms with Gasteiger partial charge < -0.3 is 10.2 Å². The molecule has 0 aromatic carbocycles. The van der Waals surface area contributed by atoms with Crippen LogP contribution in [-0.2, 0) is 6.54 Å². The SMILES string of the molecule is CCNCc1cc(N2CCSC(C)(C)CC2)ccn1. The first kappa shape index (κ1) is 14.7. The van der Waals surface area contributed by atoms with E-state index in [9.17, 15) is 0 Å². The third-order valence-electron chi connectivity index (χ3n) is 3.56. The van der Waals surface area contributed by atoms with Crippen molar-refractivity contribution in [3.05, 3.63) is 24.0 Å². The summed E-state index contributed by atoms with van der Waals surface area (Å²) in [5, 5.41) is 3.33. The highest BCUT2D eigenvalue weighted by molar-refractivity contribution is 8.00. The molecular formula is C15H25N3S. The maximum absolute atomic E-state index is 4.43. The molecular weight excluding hydrogens is 254 g/mol. The molecule has 0 atom stereocenters. The predicted octanol–water partition coefficient (Wildman–Crippen LogP) is 2.91. The van der Waals surface area contributed by atoms with E-state index in [1.165, 1.54) is 17.9 Å². The van der Waals surface area contributed by atoms with E-state index in [0.717, 1.165) is 31.9 Å². The molecule has 1 aliphatic heterocycles. The number of pyridine rings is 1. The highest BCUT2D eigenvalue weighted by Gasteiger charge is 2.23. The van der Waals surface area contributed by atoms with Gasteiger partial charge in [-0.3, -0.25) is 4.98 Å². The zero-order valence-electron chi connectivity index (χ0n) is 12.3. The molecule has 1 N–H and O–H groups in total. The maximum Gasteiger partial charge on any atom is 0.0562 e. The Morgan fingerprint density at radius 2 is 2.26 bits per heavy atom. The first-order valence-corrected chi connectivity index (χ1v) is 8.14. The quantitative estimate of drug-likeness (QED) is 0.917. The second-order valence-corrected chi connectivity index (χ2v) is 7.43. The minimum absolute atomic E-state index is 0.411. The van der Waals surface area contributed by atoms with E-state index in [-0.39, 0.29) is 0 Å². The van der Waals surface area contributed by atoms with Gasteiger partial charge in [0, 0.05) is 42.0 Å². The summed E-state index contributed by atoms with van der Waals surface area (Å²) in [6, 6.07) is 4.37. The van der Waals surface area contributed by atoms with Crippen LogP contribution in [0.5, 0.6) is 0 Å². The van der Waals surface area contributed by atoms with Gasteiger partial charge in [-0.05, 0) is 25.1 Å². The summed E-state index contributed by atoms with van der Waals surface area (Å²) in [5.74, 6) is 1.21. The average Bonchev–Trinajstić information content (AvgIpc) is 2.58. The van der Waals surface area contributed by atoms with Crippen LogP contribution in [0.3, 0.4) is 0 Å². The van der Waals surface area contributed by atoms with Gasteiger partial charge in [-0.1, -0.05) is 20.8 Å². The monoisotopic (exact) mass is 279 g/mol. The van der Waals surface area contributed by atoms with E-state index < -0.39 is 0 Å². The summed E-state index contributed by atoms with van der Waals surface area (Å²) in [6.07, 6.45) is 3.17. The van der Waals surface area contributed by atoms with Crippen molar-refractivity contribution in [3.8, 4) is 0 Å². The fraction of sp³-hybridized carbons (Fsp3) is 0.667. The van der Waals surface area contributed by atoms with Crippen LogP contribution in [0.25, 0.3) is 0 Å². The Hall–Kier alpha value is -0.740. The third-order valence-corrected chi connectivity index (χ3v) is 4.93. The molecule has 19 heavy (non-hydrogen) atoms. The molecule has 1 saturated heterocycles. The molecule has 0 aliphatic carbocycles. The molecule has 0 spiro atoms. The van der Waals surface area contributed by atoms with E-state index in [0.29, 0.717) is 4.75 Å². The van der Waals surface area contributed by atoms with Crippen molar-refractivity contribution in [1.29, 1.82) is 0 Å². The Kier molecular flexibility index (Phi) is 5.11. The van der Waals surface area contributed by atoms with Gasteiger partial charge in [0.2, 0.25) is 0 Å². The number of rotatable bonds is 4. The third kappa shape index (κ3) is 4.39. The van der Waals surface area contributed by atoms with Gasteiger partial charge in [-0.2, -0.15) is 11.8 Å². The second kappa shape index (κ2) is 6.62. The van der Waals surface area contributed by atoms with Gasteiger partial charge in [-0.25, -0.2) is 0 Å². The van der Waals surface area contributed by atoms with E-state index >= 15 is 0 Å². The molecule has 1 aromatic heterocycles. The molecule has 106 valence electrons. The van der Waals surface area contributed by atoms with Crippen LogP contribution in [0.1, 0.15) is 32.9 Å². The lowest BCUT2D eigenvalue weighted by Crippen LogP contribution is -2.27. The molecule has 4 heteroatoms. The van der Waals surface area contributed by atoms with Crippen LogP contribution < -0.4 is 10.2 Å². The number of nitrogens with zero attached hydrogens (tertiary/aromatic N) is 2. The zero-order chi connectivity index (χ0) is 13.7. The van der Waals surface area contributed by atoms with Gasteiger partial charge in [0.25, 0.3) is 0 Å². The Morgan fingerprint density at radius 1 is 1.42 bits per heavy atom. The summed E-state index contributed by atoms with van der Waals surface area (Å²) in [7, 11) is 0. The molecule has 0 amide bonds. The molecule has 1 aromatic rings. The predicted molar refractivity (Wildman–Crippen MR) is 85.0 cm³/mol. The number of nitrogens with one attached hydrogen (secondary N) is 1. The fourth-order valence-electron chi connectivity index (χ4n) is 2.29. The first-order chi connectivity index (χ1) is 9.11. The van der Waals surface area contributed by atoms with Crippen LogP contribution in [0.2, 0.25) is 0 Å². The number of thioether (sulfide) groups is 1. The lowest BCUT2D eigenvalue weighted by atomic mass is 10.1. The normalized spacial score (nSPS) is 19.2. The van der Waals surface area contributed by atoms with Crippen LogP contribution >= 0.6 is 11.8 Å². The van der Waals surface area contributed by atoms with E-state index in [1.807, 2.05) is 6.20 Å².